The van der Waals surface area contributed by atoms with Crippen LogP contribution in [0.3, 0.4) is 0 Å². The van der Waals surface area contributed by atoms with Crippen LogP contribution in [0.1, 0.15) is 20.8 Å². The van der Waals surface area contributed by atoms with Crippen LogP contribution in [-0.4, -0.2) is 26.8 Å². The van der Waals surface area contributed by atoms with Gasteiger partial charge in [-0.2, -0.15) is 0 Å². The summed E-state index contributed by atoms with van der Waals surface area (Å²) in [6.45, 7) is 0. The van der Waals surface area contributed by atoms with E-state index in [1.165, 1.54) is 12.5 Å². The number of rotatable bonds is 6. The number of amides is 2. The van der Waals surface area contributed by atoms with Gasteiger partial charge in [-0.1, -0.05) is 24.3 Å². The summed E-state index contributed by atoms with van der Waals surface area (Å²) in [5, 5.41) is 0. The van der Waals surface area contributed by atoms with Crippen LogP contribution >= 0.6 is 0 Å². The Balaban J connectivity index is 1.62. The summed E-state index contributed by atoms with van der Waals surface area (Å²) < 4.78 is 0. The number of benzene rings is 1. The first-order chi connectivity index (χ1) is 13.1. The van der Waals surface area contributed by atoms with Crippen LogP contribution in [0, 0.1) is 0 Å². The molecule has 10 heteroatoms. The first-order valence-electron chi connectivity index (χ1n) is 7.84. The molecule has 0 atom stereocenters. The lowest BCUT2D eigenvalue weighted by Gasteiger charge is -2.13. The Morgan fingerprint density at radius 2 is 1.41 bits per heavy atom. The van der Waals surface area contributed by atoms with Gasteiger partial charge in [0, 0.05) is 11.8 Å². The van der Waals surface area contributed by atoms with Crippen LogP contribution in [0.4, 0.5) is 17.3 Å². The molecule has 0 radical (unpaired) electrons. The summed E-state index contributed by atoms with van der Waals surface area (Å²) in [4.78, 5) is 35.9. The lowest BCUT2D eigenvalue weighted by atomic mass is 10.2. The Bertz CT molecular complexity index is 860. The highest BCUT2D eigenvalue weighted by atomic mass is 16.2. The third kappa shape index (κ3) is 4.45. The van der Waals surface area contributed by atoms with Crippen LogP contribution in [0.5, 0.6) is 0 Å². The Morgan fingerprint density at radius 3 is 2.04 bits per heavy atom. The molecule has 3 rings (SSSR count). The van der Waals surface area contributed by atoms with E-state index >= 15 is 0 Å². The second-order valence-corrected chi connectivity index (χ2v) is 5.22. The van der Waals surface area contributed by atoms with Crippen LogP contribution in [0.25, 0.3) is 0 Å². The van der Waals surface area contributed by atoms with E-state index in [-0.39, 0.29) is 28.9 Å². The van der Waals surface area contributed by atoms with Crippen molar-refractivity contribution in [1.29, 1.82) is 0 Å². The topological polar surface area (TPSA) is 147 Å². The number of nitrogen functional groups attached to an aromatic ring is 1. The summed E-state index contributed by atoms with van der Waals surface area (Å²) in [7, 11) is 0. The molecule has 0 aliphatic rings. The van der Waals surface area contributed by atoms with Gasteiger partial charge in [-0.05, 0) is 24.3 Å². The third-order valence-electron chi connectivity index (χ3n) is 3.41. The first-order valence-corrected chi connectivity index (χ1v) is 7.84. The van der Waals surface area contributed by atoms with Gasteiger partial charge in [0.15, 0.2) is 11.6 Å². The number of hydrogen-bond donors (Lipinski definition) is 5. The monoisotopic (exact) mass is 364 g/mol. The van der Waals surface area contributed by atoms with Gasteiger partial charge < -0.3 is 5.73 Å². The van der Waals surface area contributed by atoms with E-state index in [1.807, 2.05) is 6.07 Å². The van der Waals surface area contributed by atoms with Crippen molar-refractivity contribution < 1.29 is 9.59 Å². The van der Waals surface area contributed by atoms with Crippen LogP contribution in [0.15, 0.2) is 61.1 Å². The minimum Gasteiger partial charge on any atom is -0.393 e. The van der Waals surface area contributed by atoms with Crippen molar-refractivity contribution in [2.75, 3.05) is 16.6 Å². The van der Waals surface area contributed by atoms with E-state index in [1.54, 1.807) is 42.5 Å². The summed E-state index contributed by atoms with van der Waals surface area (Å²) in [6.07, 6.45) is 2.73. The molecule has 0 saturated carbocycles. The maximum Gasteiger partial charge on any atom is 0.288 e. The zero-order valence-electron chi connectivity index (χ0n) is 14.0. The molecule has 1 aromatic carbocycles. The number of hydrogen-bond acceptors (Lipinski definition) is 8. The molecule has 2 heterocycles. The number of carbonyl (C=O) groups excluding carboxylic acids is 2. The standard InChI is InChI=1S/C17H16N8O2/c18-13-14(22-24-16(26)11-6-2-1-3-7-11)20-10-21-15(13)23-25-17(27)12-8-4-5-9-19-12/h1-10H,18H2,(H,24,26)(H,25,27)(H2,20,21,22,23). The van der Waals surface area contributed by atoms with E-state index in [0.29, 0.717) is 5.56 Å². The van der Waals surface area contributed by atoms with Crippen molar-refractivity contribution in [2.24, 2.45) is 0 Å². The number of hydrazine groups is 2. The Labute approximate surface area is 154 Å². The molecule has 0 saturated heterocycles. The molecule has 2 aromatic heterocycles. The van der Waals surface area contributed by atoms with Gasteiger partial charge in [-0.3, -0.25) is 36.3 Å². The molecule has 3 aromatic rings. The number of nitrogens with one attached hydrogen (secondary N) is 4. The number of aromatic nitrogens is 3. The minimum atomic E-state index is -0.458. The maximum absolute atomic E-state index is 12.0. The van der Waals surface area contributed by atoms with Gasteiger partial charge in [-0.15, -0.1) is 0 Å². The van der Waals surface area contributed by atoms with Crippen molar-refractivity contribution in [3.05, 3.63) is 72.3 Å². The molecule has 0 bridgehead atoms. The predicted octanol–water partition coefficient (Wildman–Crippen LogP) is 0.968. The van der Waals surface area contributed by atoms with Gasteiger partial charge in [-0.25, -0.2) is 9.97 Å². The molecule has 136 valence electrons. The molecule has 27 heavy (non-hydrogen) atoms. The normalized spacial score (nSPS) is 9.93. The molecule has 0 aliphatic heterocycles. The third-order valence-corrected chi connectivity index (χ3v) is 3.41. The largest absolute Gasteiger partial charge is 0.393 e. The summed E-state index contributed by atoms with van der Waals surface area (Å²) in [5.74, 6) is -0.485. The molecule has 6 N–H and O–H groups in total. The highest BCUT2D eigenvalue weighted by Crippen LogP contribution is 2.20. The number of pyridine rings is 1. The zero-order chi connectivity index (χ0) is 19.1. The van der Waals surface area contributed by atoms with E-state index in [9.17, 15) is 9.59 Å². The summed E-state index contributed by atoms with van der Waals surface area (Å²) in [6, 6.07) is 13.6. The minimum absolute atomic E-state index is 0.104. The van der Waals surface area contributed by atoms with Crippen LogP contribution < -0.4 is 27.4 Å². The summed E-state index contributed by atoms with van der Waals surface area (Å²) >= 11 is 0. The predicted molar refractivity (Wildman–Crippen MR) is 99.3 cm³/mol. The lowest BCUT2D eigenvalue weighted by Crippen LogP contribution is -2.32. The average Bonchev–Trinajstić information content (AvgIpc) is 2.73. The van der Waals surface area contributed by atoms with Crippen molar-refractivity contribution >= 4 is 29.1 Å². The molecule has 0 aliphatic carbocycles. The van der Waals surface area contributed by atoms with E-state index < -0.39 is 5.91 Å². The molecule has 0 spiro atoms. The van der Waals surface area contributed by atoms with E-state index in [0.717, 1.165) is 0 Å². The number of anilines is 3. The first kappa shape index (κ1) is 17.6. The Hall–Kier alpha value is -4.21. The van der Waals surface area contributed by atoms with Crippen molar-refractivity contribution in [3.63, 3.8) is 0 Å². The van der Waals surface area contributed by atoms with Gasteiger partial charge in [0.2, 0.25) is 0 Å². The van der Waals surface area contributed by atoms with Gasteiger partial charge in [0.1, 0.15) is 17.7 Å². The van der Waals surface area contributed by atoms with Crippen LogP contribution in [0.2, 0.25) is 0 Å². The number of carbonyl (C=O) groups is 2. The highest BCUT2D eigenvalue weighted by Gasteiger charge is 2.12. The maximum atomic E-state index is 12.0. The molecule has 2 amide bonds. The highest BCUT2D eigenvalue weighted by molar-refractivity contribution is 5.95. The van der Waals surface area contributed by atoms with Gasteiger partial charge >= 0.3 is 0 Å². The average molecular weight is 364 g/mol. The van der Waals surface area contributed by atoms with Crippen LogP contribution in [-0.2, 0) is 0 Å². The van der Waals surface area contributed by atoms with Gasteiger partial charge in [0.05, 0.1) is 0 Å². The fourth-order valence-electron chi connectivity index (χ4n) is 2.05. The smallest absolute Gasteiger partial charge is 0.288 e. The Morgan fingerprint density at radius 1 is 0.778 bits per heavy atom. The molecular weight excluding hydrogens is 348 g/mol. The number of nitrogens with zero attached hydrogens (tertiary/aromatic N) is 3. The van der Waals surface area contributed by atoms with Crippen molar-refractivity contribution in [2.45, 2.75) is 0 Å². The zero-order valence-corrected chi connectivity index (χ0v) is 14.0. The van der Waals surface area contributed by atoms with E-state index in [4.69, 9.17) is 5.73 Å². The second-order valence-electron chi connectivity index (χ2n) is 5.22. The number of nitrogens with two attached hydrogens (primary N) is 1. The molecule has 0 fully saturated rings. The molecule has 10 nitrogen and oxygen atoms in total. The second kappa shape index (κ2) is 8.25. The SMILES string of the molecule is Nc1c(NNC(=O)c2ccccc2)ncnc1NNC(=O)c1ccccn1. The lowest BCUT2D eigenvalue weighted by molar-refractivity contribution is 0.0952. The van der Waals surface area contributed by atoms with Gasteiger partial charge in [0.25, 0.3) is 11.8 Å². The summed E-state index contributed by atoms with van der Waals surface area (Å²) in [5.41, 5.74) is 16.9. The van der Waals surface area contributed by atoms with Crippen molar-refractivity contribution in [1.82, 2.24) is 25.8 Å². The molecule has 0 unspecified atom stereocenters. The Kier molecular flexibility index (Phi) is 5.38. The fourth-order valence-corrected chi connectivity index (χ4v) is 2.05. The quantitative estimate of drug-likeness (QED) is 0.407. The van der Waals surface area contributed by atoms with Crippen molar-refractivity contribution in [3.8, 4) is 0 Å². The van der Waals surface area contributed by atoms with E-state index in [2.05, 4.69) is 36.7 Å². The fraction of sp³-hybridized carbons (Fsp3) is 0. The molecular formula is C17H16N8O2.